The van der Waals surface area contributed by atoms with E-state index in [0.29, 0.717) is 11.4 Å². The van der Waals surface area contributed by atoms with Gasteiger partial charge in [0.15, 0.2) is 5.82 Å². The predicted octanol–water partition coefficient (Wildman–Crippen LogP) is 2.26. The van der Waals surface area contributed by atoms with Gasteiger partial charge in [0.2, 0.25) is 0 Å². The maximum atomic E-state index is 12.4. The lowest BCUT2D eigenvalue weighted by Crippen LogP contribution is -2.35. The highest BCUT2D eigenvalue weighted by Crippen LogP contribution is 2.19. The summed E-state index contributed by atoms with van der Waals surface area (Å²) in [5.74, 6) is 0.569. The molecule has 2 amide bonds. The molecule has 0 atom stereocenters. The summed E-state index contributed by atoms with van der Waals surface area (Å²) >= 11 is 0. The molecule has 8 nitrogen and oxygen atoms in total. The van der Waals surface area contributed by atoms with Crippen molar-refractivity contribution in [1.29, 1.82) is 0 Å². The number of ether oxygens (including phenoxy) is 1. The number of hydrogen-bond acceptors (Lipinski definition) is 5. The largest absolute Gasteiger partial charge is 0.434 e. The second-order valence-corrected chi connectivity index (χ2v) is 5.35. The van der Waals surface area contributed by atoms with Crippen LogP contribution in [0.2, 0.25) is 0 Å². The van der Waals surface area contributed by atoms with Crippen molar-refractivity contribution >= 4 is 6.03 Å². The minimum absolute atomic E-state index is 0.0218. The Morgan fingerprint density at radius 3 is 2.59 bits per heavy atom. The number of halogens is 2. The molecule has 0 fully saturated rings. The third-order valence-corrected chi connectivity index (χ3v) is 3.57. The normalized spacial score (nSPS) is 10.6. The van der Waals surface area contributed by atoms with Crippen LogP contribution in [0.3, 0.4) is 0 Å². The number of aromatic nitrogens is 4. The third kappa shape index (κ3) is 4.97. The summed E-state index contributed by atoms with van der Waals surface area (Å²) in [6.07, 6.45) is 4.50. The summed E-state index contributed by atoms with van der Waals surface area (Å²) in [6.45, 7) is -2.69. The zero-order valence-electron chi connectivity index (χ0n) is 14.0. The Labute approximate surface area is 153 Å². The Kier molecular flexibility index (Phi) is 5.87. The van der Waals surface area contributed by atoms with Gasteiger partial charge in [0.05, 0.1) is 0 Å². The molecular weight excluding hydrogens is 358 g/mol. The number of hydrogen-bond donors (Lipinski definition) is 2. The average Bonchev–Trinajstić information content (AvgIpc) is 3.20. The molecule has 0 spiro atoms. The summed E-state index contributed by atoms with van der Waals surface area (Å²) < 4.78 is 30.8. The molecule has 0 bridgehead atoms. The number of pyridine rings is 1. The van der Waals surface area contributed by atoms with Crippen molar-refractivity contribution in [3.05, 3.63) is 66.4 Å². The molecule has 0 radical (unpaired) electrons. The highest BCUT2D eigenvalue weighted by molar-refractivity contribution is 5.74. The SMILES string of the molecule is O=C(NCc1ccccc1OC(F)F)NCc1cccnc1-n1cncn1. The molecule has 3 rings (SSSR count). The molecule has 1 aromatic carbocycles. The van der Waals surface area contributed by atoms with E-state index in [1.54, 1.807) is 36.5 Å². The predicted molar refractivity (Wildman–Crippen MR) is 91.3 cm³/mol. The summed E-state index contributed by atoms with van der Waals surface area (Å²) in [5.41, 5.74) is 1.18. The smallest absolute Gasteiger partial charge is 0.387 e. The molecule has 10 heteroatoms. The van der Waals surface area contributed by atoms with Gasteiger partial charge in [-0.3, -0.25) is 0 Å². The number of rotatable bonds is 7. The standard InChI is InChI=1S/C17H16F2N6O2/c18-16(19)27-14-6-2-1-4-12(14)8-22-17(26)23-9-13-5-3-7-21-15(13)25-11-20-10-24-25/h1-7,10-11,16H,8-9H2,(H2,22,23,26). The quantitative estimate of drug-likeness (QED) is 0.662. The molecular formula is C17H16F2N6O2. The van der Waals surface area contributed by atoms with Crippen LogP contribution in [0, 0.1) is 0 Å². The number of carbonyl (C=O) groups is 1. The number of benzene rings is 1. The number of nitrogens with zero attached hydrogens (tertiary/aromatic N) is 4. The first-order chi connectivity index (χ1) is 13.1. The van der Waals surface area contributed by atoms with Gasteiger partial charge in [-0.2, -0.15) is 13.9 Å². The van der Waals surface area contributed by atoms with E-state index in [2.05, 4.69) is 30.4 Å². The summed E-state index contributed by atoms with van der Waals surface area (Å²) in [4.78, 5) is 20.2. The fourth-order valence-corrected chi connectivity index (χ4v) is 2.37. The van der Waals surface area contributed by atoms with Gasteiger partial charge in [0.25, 0.3) is 0 Å². The van der Waals surface area contributed by atoms with Crippen molar-refractivity contribution in [3.8, 4) is 11.6 Å². The lowest BCUT2D eigenvalue weighted by atomic mass is 10.2. The van der Waals surface area contributed by atoms with E-state index < -0.39 is 12.6 Å². The monoisotopic (exact) mass is 374 g/mol. The van der Waals surface area contributed by atoms with E-state index in [4.69, 9.17) is 0 Å². The highest BCUT2D eigenvalue weighted by atomic mass is 19.3. The molecule has 2 aromatic heterocycles. The molecule has 2 N–H and O–H groups in total. The molecule has 140 valence electrons. The van der Waals surface area contributed by atoms with E-state index in [1.165, 1.54) is 23.4 Å². The van der Waals surface area contributed by atoms with Gasteiger partial charge in [-0.25, -0.2) is 19.4 Å². The van der Waals surface area contributed by atoms with Crippen molar-refractivity contribution in [2.24, 2.45) is 0 Å². The Morgan fingerprint density at radius 1 is 1.11 bits per heavy atom. The number of carbonyl (C=O) groups excluding carboxylic acids is 1. The van der Waals surface area contributed by atoms with E-state index >= 15 is 0 Å². The van der Waals surface area contributed by atoms with Crippen molar-refractivity contribution in [2.45, 2.75) is 19.7 Å². The summed E-state index contributed by atoms with van der Waals surface area (Å²) in [5, 5.41) is 9.32. The third-order valence-electron chi connectivity index (χ3n) is 3.57. The van der Waals surface area contributed by atoms with E-state index in [0.717, 1.165) is 5.56 Å². The van der Waals surface area contributed by atoms with Gasteiger partial charge in [-0.05, 0) is 12.1 Å². The van der Waals surface area contributed by atoms with Crippen molar-refractivity contribution in [2.75, 3.05) is 0 Å². The van der Waals surface area contributed by atoms with Gasteiger partial charge in [0.1, 0.15) is 18.4 Å². The van der Waals surface area contributed by atoms with Crippen LogP contribution in [0.1, 0.15) is 11.1 Å². The summed E-state index contributed by atoms with van der Waals surface area (Å²) in [7, 11) is 0. The molecule has 2 heterocycles. The molecule has 27 heavy (non-hydrogen) atoms. The Morgan fingerprint density at radius 2 is 1.85 bits per heavy atom. The van der Waals surface area contributed by atoms with Gasteiger partial charge in [-0.1, -0.05) is 24.3 Å². The number of nitrogens with one attached hydrogen (secondary N) is 2. The highest BCUT2D eigenvalue weighted by Gasteiger charge is 2.11. The molecule has 0 aliphatic carbocycles. The molecule has 0 saturated carbocycles. The fourth-order valence-electron chi connectivity index (χ4n) is 2.37. The van der Waals surface area contributed by atoms with Crippen molar-refractivity contribution in [1.82, 2.24) is 30.4 Å². The topological polar surface area (TPSA) is 94.0 Å². The molecule has 3 aromatic rings. The van der Waals surface area contributed by atoms with Crippen molar-refractivity contribution in [3.63, 3.8) is 0 Å². The second kappa shape index (κ2) is 8.70. The minimum Gasteiger partial charge on any atom is -0.434 e. The minimum atomic E-state index is -2.93. The molecule has 0 unspecified atom stereocenters. The van der Waals surface area contributed by atoms with Crippen LogP contribution < -0.4 is 15.4 Å². The fraction of sp³-hybridized carbons (Fsp3) is 0.176. The van der Waals surface area contributed by atoms with Gasteiger partial charge in [-0.15, -0.1) is 0 Å². The zero-order chi connectivity index (χ0) is 19.1. The number of amides is 2. The van der Waals surface area contributed by atoms with Gasteiger partial charge in [0, 0.05) is 30.4 Å². The maximum absolute atomic E-state index is 12.4. The maximum Gasteiger partial charge on any atom is 0.387 e. The average molecular weight is 374 g/mol. The van der Waals surface area contributed by atoms with E-state index in [-0.39, 0.29) is 18.8 Å². The number of urea groups is 1. The lowest BCUT2D eigenvalue weighted by molar-refractivity contribution is -0.0504. The Bertz CT molecular complexity index is 889. The van der Waals surface area contributed by atoms with Crippen LogP contribution in [0.15, 0.2) is 55.2 Å². The molecule has 0 saturated heterocycles. The van der Waals surface area contributed by atoms with Crippen LogP contribution in [-0.2, 0) is 13.1 Å². The first kappa shape index (κ1) is 18.2. The lowest BCUT2D eigenvalue weighted by Gasteiger charge is -2.12. The van der Waals surface area contributed by atoms with Crippen LogP contribution in [-0.4, -0.2) is 32.4 Å². The number of para-hydroxylation sites is 1. The van der Waals surface area contributed by atoms with Crippen molar-refractivity contribution < 1.29 is 18.3 Å². The Balaban J connectivity index is 1.57. The molecule has 0 aliphatic heterocycles. The van der Waals surface area contributed by atoms with E-state index in [1.807, 2.05) is 0 Å². The second-order valence-electron chi connectivity index (χ2n) is 5.35. The van der Waals surface area contributed by atoms with Gasteiger partial charge >= 0.3 is 12.6 Å². The van der Waals surface area contributed by atoms with Crippen LogP contribution in [0.25, 0.3) is 5.82 Å². The van der Waals surface area contributed by atoms with Crippen LogP contribution >= 0.6 is 0 Å². The first-order valence-electron chi connectivity index (χ1n) is 7.97. The summed E-state index contributed by atoms with van der Waals surface area (Å²) in [6, 6.07) is 9.35. The van der Waals surface area contributed by atoms with Gasteiger partial charge < -0.3 is 15.4 Å². The van der Waals surface area contributed by atoms with Crippen LogP contribution in [0.4, 0.5) is 13.6 Å². The zero-order valence-corrected chi connectivity index (χ0v) is 14.0. The van der Waals surface area contributed by atoms with E-state index in [9.17, 15) is 13.6 Å². The van der Waals surface area contributed by atoms with Crippen LogP contribution in [0.5, 0.6) is 5.75 Å². The Hall–Kier alpha value is -3.56. The number of alkyl halides is 2. The molecule has 0 aliphatic rings. The first-order valence-corrected chi connectivity index (χ1v) is 7.97.